The van der Waals surface area contributed by atoms with Crippen LogP contribution in [0.4, 0.5) is 16.2 Å². The number of hydrogen-bond donors (Lipinski definition) is 2. The Morgan fingerprint density at radius 3 is 2.50 bits per heavy atom. The predicted octanol–water partition coefficient (Wildman–Crippen LogP) is 4.37. The highest BCUT2D eigenvalue weighted by Crippen LogP contribution is 2.26. The maximum atomic E-state index is 12.7. The van der Waals surface area contributed by atoms with Crippen molar-refractivity contribution in [3.05, 3.63) is 54.7 Å². The van der Waals surface area contributed by atoms with Gasteiger partial charge in [-0.05, 0) is 50.2 Å². The van der Waals surface area contributed by atoms with Crippen molar-refractivity contribution < 1.29 is 9.53 Å². The Balaban J connectivity index is 1.21. The molecule has 0 aliphatic carbocycles. The van der Waals surface area contributed by atoms with Gasteiger partial charge in [-0.3, -0.25) is 0 Å². The van der Waals surface area contributed by atoms with E-state index in [0.29, 0.717) is 24.5 Å². The molecule has 0 radical (unpaired) electrons. The summed E-state index contributed by atoms with van der Waals surface area (Å²) in [6, 6.07) is 16.0. The van der Waals surface area contributed by atoms with Crippen LogP contribution in [0.1, 0.15) is 19.9 Å². The number of carbonyl (C=O) groups excluding carboxylic acids is 1. The van der Waals surface area contributed by atoms with Gasteiger partial charge in [0.05, 0.1) is 19.0 Å². The highest BCUT2D eigenvalue weighted by atomic mass is 16.5. The summed E-state index contributed by atoms with van der Waals surface area (Å²) < 4.78 is 7.25. The van der Waals surface area contributed by atoms with Gasteiger partial charge >= 0.3 is 6.03 Å². The van der Waals surface area contributed by atoms with Crippen LogP contribution in [-0.2, 0) is 0 Å². The highest BCUT2D eigenvalue weighted by molar-refractivity contribution is 5.91. The second-order valence-electron chi connectivity index (χ2n) is 8.66. The number of aromatic nitrogens is 4. The fourth-order valence-electron chi connectivity index (χ4n) is 4.27. The lowest BCUT2D eigenvalue weighted by molar-refractivity contribution is 0.208. The summed E-state index contributed by atoms with van der Waals surface area (Å²) in [5.41, 5.74) is 4.66. The van der Waals surface area contributed by atoms with Crippen LogP contribution >= 0.6 is 0 Å². The van der Waals surface area contributed by atoms with Crippen molar-refractivity contribution in [2.24, 2.45) is 0 Å². The molecule has 1 aliphatic rings. The van der Waals surface area contributed by atoms with E-state index in [1.807, 2.05) is 40.0 Å². The molecule has 1 fully saturated rings. The number of urea groups is 1. The van der Waals surface area contributed by atoms with Gasteiger partial charge in [0.25, 0.3) is 0 Å². The zero-order valence-electron chi connectivity index (χ0n) is 19.7. The largest absolute Gasteiger partial charge is 0.495 e. The van der Waals surface area contributed by atoms with E-state index in [0.717, 1.165) is 41.3 Å². The van der Waals surface area contributed by atoms with Gasteiger partial charge in [0, 0.05) is 43.5 Å². The van der Waals surface area contributed by atoms with Crippen LogP contribution in [0.15, 0.2) is 54.7 Å². The fourth-order valence-corrected chi connectivity index (χ4v) is 4.27. The van der Waals surface area contributed by atoms with E-state index in [-0.39, 0.29) is 12.1 Å². The lowest BCUT2D eigenvalue weighted by Gasteiger charge is -2.36. The van der Waals surface area contributed by atoms with E-state index >= 15 is 0 Å². The van der Waals surface area contributed by atoms with Gasteiger partial charge in [-0.2, -0.15) is 5.10 Å². The number of anilines is 2. The Hall–Kier alpha value is -4.01. The maximum Gasteiger partial charge on any atom is 0.322 e. The van der Waals surface area contributed by atoms with Gasteiger partial charge in [-0.1, -0.05) is 12.1 Å². The molecule has 2 N–H and O–H groups in total. The van der Waals surface area contributed by atoms with Gasteiger partial charge < -0.3 is 24.8 Å². The number of ether oxygens (including phenoxy) is 1. The van der Waals surface area contributed by atoms with Crippen LogP contribution < -0.4 is 15.0 Å². The summed E-state index contributed by atoms with van der Waals surface area (Å²) >= 11 is 0. The molecule has 0 saturated carbocycles. The number of aromatic amines is 1. The van der Waals surface area contributed by atoms with E-state index in [9.17, 15) is 4.79 Å². The van der Waals surface area contributed by atoms with Crippen LogP contribution in [0.25, 0.3) is 22.6 Å². The quantitative estimate of drug-likeness (QED) is 0.462. The zero-order chi connectivity index (χ0) is 23.7. The first-order valence-corrected chi connectivity index (χ1v) is 11.5. The van der Waals surface area contributed by atoms with Crippen LogP contribution in [0.2, 0.25) is 0 Å². The molecular formula is C25H29N7O2. The standard InChI is InChI=1S/C25H29N7O2/c1-17(2)32-24-21(16-26-32)27-23(29-24)18-8-10-19(11-9-18)30-12-14-31(15-13-30)25(33)28-20-6-4-5-7-22(20)34-3/h4-11,16-17H,12-15H2,1-3H3,(H,27,29)(H,28,33). The van der Waals surface area contributed by atoms with Crippen molar-refractivity contribution >= 4 is 28.6 Å². The fraction of sp³-hybridized carbons (Fsp3) is 0.320. The topological polar surface area (TPSA) is 91.3 Å². The molecule has 9 heteroatoms. The summed E-state index contributed by atoms with van der Waals surface area (Å²) in [6.45, 7) is 7.03. The van der Waals surface area contributed by atoms with Crippen molar-refractivity contribution in [2.45, 2.75) is 19.9 Å². The molecule has 1 saturated heterocycles. The third kappa shape index (κ3) is 4.16. The first-order chi connectivity index (χ1) is 16.5. The number of H-pyrrole nitrogens is 1. The maximum absolute atomic E-state index is 12.7. The first kappa shape index (κ1) is 21.8. The Morgan fingerprint density at radius 1 is 1.06 bits per heavy atom. The minimum atomic E-state index is -0.107. The monoisotopic (exact) mass is 459 g/mol. The third-order valence-electron chi connectivity index (χ3n) is 6.15. The molecule has 0 bridgehead atoms. The van der Waals surface area contributed by atoms with Crippen LogP contribution in [0, 0.1) is 0 Å². The number of methoxy groups -OCH3 is 1. The van der Waals surface area contributed by atoms with E-state index < -0.39 is 0 Å². The molecule has 0 unspecified atom stereocenters. The van der Waals surface area contributed by atoms with Gasteiger partial charge in [0.15, 0.2) is 5.65 Å². The number of fused-ring (bicyclic) bond motifs is 1. The SMILES string of the molecule is COc1ccccc1NC(=O)N1CCN(c2ccc(-c3nc4c(cnn4C(C)C)[nH]3)cc2)CC1. The number of para-hydroxylation sites is 2. The van der Waals surface area contributed by atoms with E-state index in [1.165, 1.54) is 0 Å². The summed E-state index contributed by atoms with van der Waals surface area (Å²) in [5, 5.41) is 7.35. The molecule has 4 aromatic rings. The zero-order valence-corrected chi connectivity index (χ0v) is 19.7. The van der Waals surface area contributed by atoms with E-state index in [1.54, 1.807) is 7.11 Å². The summed E-state index contributed by atoms with van der Waals surface area (Å²) in [5.74, 6) is 1.49. The van der Waals surface area contributed by atoms with Crippen molar-refractivity contribution in [2.75, 3.05) is 43.5 Å². The molecule has 2 aromatic carbocycles. The molecule has 0 spiro atoms. The normalized spacial score (nSPS) is 14.1. The van der Waals surface area contributed by atoms with Crippen LogP contribution in [-0.4, -0.2) is 64.0 Å². The minimum Gasteiger partial charge on any atom is -0.495 e. The van der Waals surface area contributed by atoms with Crippen molar-refractivity contribution in [3.8, 4) is 17.1 Å². The third-order valence-corrected chi connectivity index (χ3v) is 6.15. The summed E-state index contributed by atoms with van der Waals surface area (Å²) in [4.78, 5) is 25.0. The second kappa shape index (κ2) is 9.09. The smallest absolute Gasteiger partial charge is 0.322 e. The number of nitrogens with one attached hydrogen (secondary N) is 2. The number of imidazole rings is 1. The van der Waals surface area contributed by atoms with E-state index in [2.05, 4.69) is 58.4 Å². The number of rotatable bonds is 5. The van der Waals surface area contributed by atoms with Crippen LogP contribution in [0.5, 0.6) is 5.75 Å². The number of benzene rings is 2. The number of amides is 2. The van der Waals surface area contributed by atoms with Crippen molar-refractivity contribution in [1.82, 2.24) is 24.6 Å². The number of hydrogen-bond acceptors (Lipinski definition) is 5. The molecule has 1 aliphatic heterocycles. The summed E-state index contributed by atoms with van der Waals surface area (Å²) in [6.07, 6.45) is 1.82. The van der Waals surface area contributed by atoms with Crippen molar-refractivity contribution in [1.29, 1.82) is 0 Å². The highest BCUT2D eigenvalue weighted by Gasteiger charge is 2.22. The molecule has 176 valence electrons. The number of nitrogens with zero attached hydrogens (tertiary/aromatic N) is 5. The molecule has 9 nitrogen and oxygen atoms in total. The first-order valence-electron chi connectivity index (χ1n) is 11.5. The molecule has 3 heterocycles. The van der Waals surface area contributed by atoms with E-state index in [4.69, 9.17) is 9.72 Å². The Kier molecular flexibility index (Phi) is 5.83. The molecular weight excluding hydrogens is 430 g/mol. The predicted molar refractivity (Wildman–Crippen MR) is 133 cm³/mol. The molecule has 0 atom stereocenters. The lowest BCUT2D eigenvalue weighted by Crippen LogP contribution is -2.50. The van der Waals surface area contributed by atoms with Gasteiger partial charge in [-0.25, -0.2) is 14.5 Å². The van der Waals surface area contributed by atoms with Gasteiger partial charge in [0.1, 0.15) is 17.1 Å². The molecule has 5 rings (SSSR count). The second-order valence-corrected chi connectivity index (χ2v) is 8.66. The van der Waals surface area contributed by atoms with Crippen LogP contribution in [0.3, 0.4) is 0 Å². The Bertz CT molecular complexity index is 1280. The van der Waals surface area contributed by atoms with Gasteiger partial charge in [-0.15, -0.1) is 0 Å². The minimum absolute atomic E-state index is 0.107. The number of carbonyl (C=O) groups is 1. The molecule has 2 aromatic heterocycles. The lowest BCUT2D eigenvalue weighted by atomic mass is 10.1. The molecule has 2 amide bonds. The Labute approximate surface area is 198 Å². The molecule has 34 heavy (non-hydrogen) atoms. The number of piperazine rings is 1. The average Bonchev–Trinajstić information content (AvgIpc) is 3.46. The summed E-state index contributed by atoms with van der Waals surface area (Å²) in [7, 11) is 1.60. The van der Waals surface area contributed by atoms with Crippen molar-refractivity contribution in [3.63, 3.8) is 0 Å². The average molecular weight is 460 g/mol. The Morgan fingerprint density at radius 2 is 1.79 bits per heavy atom. The van der Waals surface area contributed by atoms with Gasteiger partial charge in [0.2, 0.25) is 0 Å².